The highest BCUT2D eigenvalue weighted by atomic mass is 16.5. The molecule has 19 heavy (non-hydrogen) atoms. The number of aromatic nitrogens is 3. The average molecular weight is 258 g/mol. The molecule has 0 saturated heterocycles. The van der Waals surface area contributed by atoms with E-state index < -0.39 is 0 Å². The van der Waals surface area contributed by atoms with Crippen LogP contribution < -0.4 is 10.1 Å². The van der Waals surface area contributed by atoms with Crippen molar-refractivity contribution < 1.29 is 4.74 Å². The number of nitrogens with zero attached hydrogens (tertiary/aromatic N) is 3. The highest BCUT2D eigenvalue weighted by Gasteiger charge is 2.22. The third-order valence-electron chi connectivity index (χ3n) is 3.42. The smallest absolute Gasteiger partial charge is 0.146 e. The monoisotopic (exact) mass is 258 g/mol. The van der Waals surface area contributed by atoms with Crippen LogP contribution in [0.15, 0.2) is 24.5 Å². The molecule has 0 saturated carbocycles. The maximum atomic E-state index is 5.91. The summed E-state index contributed by atoms with van der Waals surface area (Å²) in [7, 11) is 1.95. The number of hydrogen-bond acceptors (Lipinski definition) is 4. The van der Waals surface area contributed by atoms with Crippen LogP contribution in [-0.2, 0) is 20.0 Å². The van der Waals surface area contributed by atoms with Crippen molar-refractivity contribution in [3.05, 3.63) is 41.5 Å². The summed E-state index contributed by atoms with van der Waals surface area (Å²) in [5.41, 5.74) is 2.60. The van der Waals surface area contributed by atoms with Gasteiger partial charge >= 0.3 is 0 Å². The molecule has 1 atom stereocenters. The van der Waals surface area contributed by atoms with Crippen molar-refractivity contribution in [3.63, 3.8) is 0 Å². The van der Waals surface area contributed by atoms with Crippen molar-refractivity contribution in [2.75, 3.05) is 6.54 Å². The van der Waals surface area contributed by atoms with Crippen molar-refractivity contribution in [2.45, 2.75) is 26.0 Å². The Morgan fingerprint density at radius 3 is 3.16 bits per heavy atom. The van der Waals surface area contributed by atoms with Crippen LogP contribution in [0.25, 0.3) is 0 Å². The maximum Gasteiger partial charge on any atom is 0.146 e. The minimum absolute atomic E-state index is 0.213. The summed E-state index contributed by atoms with van der Waals surface area (Å²) in [6.07, 6.45) is 2.90. The minimum atomic E-state index is 0.213. The third kappa shape index (κ3) is 2.61. The molecule has 2 heterocycles. The predicted octanol–water partition coefficient (Wildman–Crippen LogP) is 1.22. The van der Waals surface area contributed by atoms with Gasteiger partial charge in [-0.1, -0.05) is 17.7 Å². The SMILES string of the molecule is Cc1ccc2c(c1)CC(CNCc1nncn1C)O2. The van der Waals surface area contributed by atoms with Gasteiger partial charge in [0.05, 0.1) is 6.54 Å². The van der Waals surface area contributed by atoms with E-state index in [1.807, 2.05) is 11.6 Å². The Labute approximate surface area is 112 Å². The van der Waals surface area contributed by atoms with Gasteiger partial charge < -0.3 is 14.6 Å². The second-order valence-corrected chi connectivity index (χ2v) is 5.04. The topological polar surface area (TPSA) is 52.0 Å². The van der Waals surface area contributed by atoms with Crippen LogP contribution in [0.5, 0.6) is 5.75 Å². The Morgan fingerprint density at radius 1 is 1.47 bits per heavy atom. The molecule has 0 radical (unpaired) electrons. The molecule has 1 aromatic carbocycles. The van der Waals surface area contributed by atoms with E-state index in [-0.39, 0.29) is 6.10 Å². The average Bonchev–Trinajstić information content (AvgIpc) is 2.95. The molecular formula is C14H18N4O. The highest BCUT2D eigenvalue weighted by Crippen LogP contribution is 2.29. The van der Waals surface area contributed by atoms with E-state index in [0.717, 1.165) is 24.5 Å². The summed E-state index contributed by atoms with van der Waals surface area (Å²) < 4.78 is 7.82. The number of fused-ring (bicyclic) bond motifs is 1. The number of aryl methyl sites for hydroxylation is 2. The van der Waals surface area contributed by atoms with E-state index in [4.69, 9.17) is 4.74 Å². The highest BCUT2D eigenvalue weighted by molar-refractivity contribution is 5.40. The first-order valence-electron chi connectivity index (χ1n) is 6.52. The summed E-state index contributed by atoms with van der Waals surface area (Å²) in [5, 5.41) is 11.3. The standard InChI is InChI=1S/C14H18N4O/c1-10-3-4-13-11(5-10)6-12(19-13)7-15-8-14-17-16-9-18(14)2/h3-5,9,12,15H,6-8H2,1-2H3. The molecule has 0 aliphatic carbocycles. The second-order valence-electron chi connectivity index (χ2n) is 5.04. The number of rotatable bonds is 4. The minimum Gasteiger partial charge on any atom is -0.488 e. The van der Waals surface area contributed by atoms with Crippen LogP contribution in [0, 0.1) is 6.92 Å². The van der Waals surface area contributed by atoms with Crippen molar-refractivity contribution in [2.24, 2.45) is 7.05 Å². The molecule has 1 N–H and O–H groups in total. The Balaban J connectivity index is 1.52. The van der Waals surface area contributed by atoms with Gasteiger partial charge in [-0.25, -0.2) is 0 Å². The van der Waals surface area contributed by atoms with Crippen molar-refractivity contribution >= 4 is 0 Å². The quantitative estimate of drug-likeness (QED) is 0.896. The van der Waals surface area contributed by atoms with Crippen LogP contribution in [-0.4, -0.2) is 27.4 Å². The van der Waals surface area contributed by atoms with E-state index in [0.29, 0.717) is 6.54 Å². The van der Waals surface area contributed by atoms with Crippen LogP contribution in [0.1, 0.15) is 17.0 Å². The van der Waals surface area contributed by atoms with Crippen molar-refractivity contribution in [1.82, 2.24) is 20.1 Å². The Morgan fingerprint density at radius 2 is 2.37 bits per heavy atom. The summed E-state index contributed by atoms with van der Waals surface area (Å²) in [4.78, 5) is 0. The molecule has 100 valence electrons. The van der Waals surface area contributed by atoms with Gasteiger partial charge in [-0.2, -0.15) is 0 Å². The number of hydrogen-bond donors (Lipinski definition) is 1. The van der Waals surface area contributed by atoms with Gasteiger partial charge in [0.25, 0.3) is 0 Å². The molecule has 5 heteroatoms. The lowest BCUT2D eigenvalue weighted by Gasteiger charge is -2.11. The Bertz CT molecular complexity index is 579. The van der Waals surface area contributed by atoms with Crippen LogP contribution in [0.3, 0.4) is 0 Å². The summed E-state index contributed by atoms with van der Waals surface area (Å²) >= 11 is 0. The zero-order chi connectivity index (χ0) is 13.2. The number of benzene rings is 1. The molecule has 1 unspecified atom stereocenters. The van der Waals surface area contributed by atoms with Crippen molar-refractivity contribution in [3.8, 4) is 5.75 Å². The third-order valence-corrected chi connectivity index (χ3v) is 3.42. The molecular weight excluding hydrogens is 240 g/mol. The van der Waals surface area contributed by atoms with Gasteiger partial charge in [0.15, 0.2) is 0 Å². The van der Waals surface area contributed by atoms with Crippen LogP contribution in [0.4, 0.5) is 0 Å². The maximum absolute atomic E-state index is 5.91. The predicted molar refractivity (Wildman–Crippen MR) is 72.0 cm³/mol. The lowest BCUT2D eigenvalue weighted by Crippen LogP contribution is -2.30. The van der Waals surface area contributed by atoms with E-state index in [1.54, 1.807) is 6.33 Å². The van der Waals surface area contributed by atoms with Gasteiger partial charge in [-0.3, -0.25) is 0 Å². The fourth-order valence-electron chi connectivity index (χ4n) is 2.38. The fourth-order valence-corrected chi connectivity index (χ4v) is 2.38. The molecule has 2 aromatic rings. The van der Waals surface area contributed by atoms with Gasteiger partial charge in [-0.05, 0) is 18.6 Å². The molecule has 0 fully saturated rings. The van der Waals surface area contributed by atoms with E-state index in [9.17, 15) is 0 Å². The lowest BCUT2D eigenvalue weighted by atomic mass is 10.1. The zero-order valence-electron chi connectivity index (χ0n) is 11.3. The normalized spacial score (nSPS) is 17.3. The molecule has 1 aliphatic heterocycles. The van der Waals surface area contributed by atoms with Crippen LogP contribution in [0.2, 0.25) is 0 Å². The summed E-state index contributed by atoms with van der Waals surface area (Å²) in [6.45, 7) is 3.65. The van der Waals surface area contributed by atoms with E-state index >= 15 is 0 Å². The van der Waals surface area contributed by atoms with Gasteiger partial charge in [0.1, 0.15) is 24.0 Å². The summed E-state index contributed by atoms with van der Waals surface area (Å²) in [6, 6.07) is 6.36. The second kappa shape index (κ2) is 5.01. The first kappa shape index (κ1) is 12.2. The van der Waals surface area contributed by atoms with Gasteiger partial charge in [-0.15, -0.1) is 10.2 Å². The molecule has 0 amide bonds. The molecule has 0 bridgehead atoms. The Hall–Kier alpha value is -1.88. The number of nitrogens with one attached hydrogen (secondary N) is 1. The Kier molecular flexibility index (Phi) is 3.21. The first-order chi connectivity index (χ1) is 9.22. The first-order valence-corrected chi connectivity index (χ1v) is 6.52. The fraction of sp³-hybridized carbons (Fsp3) is 0.429. The molecule has 0 spiro atoms. The van der Waals surface area contributed by atoms with E-state index in [1.165, 1.54) is 11.1 Å². The summed E-state index contributed by atoms with van der Waals surface area (Å²) in [5.74, 6) is 1.96. The molecule has 5 nitrogen and oxygen atoms in total. The zero-order valence-corrected chi connectivity index (χ0v) is 11.3. The van der Waals surface area contributed by atoms with E-state index in [2.05, 4.69) is 40.6 Å². The molecule has 1 aromatic heterocycles. The van der Waals surface area contributed by atoms with Gasteiger partial charge in [0.2, 0.25) is 0 Å². The van der Waals surface area contributed by atoms with Crippen molar-refractivity contribution in [1.29, 1.82) is 0 Å². The lowest BCUT2D eigenvalue weighted by molar-refractivity contribution is 0.226. The number of ether oxygens (including phenoxy) is 1. The largest absolute Gasteiger partial charge is 0.488 e. The van der Waals surface area contributed by atoms with Gasteiger partial charge in [0, 0.05) is 20.0 Å². The van der Waals surface area contributed by atoms with Crippen LogP contribution >= 0.6 is 0 Å². The molecule has 3 rings (SSSR count). The molecule has 1 aliphatic rings.